The number of rotatable bonds is 4. The van der Waals surface area contributed by atoms with Crippen LogP contribution in [-0.2, 0) is 28.5 Å². The van der Waals surface area contributed by atoms with Crippen LogP contribution in [0, 0.1) is 0 Å². The number of aromatic hydroxyl groups is 15. The molecule has 5 aromatic rings. The maximum absolute atomic E-state index is 14.5. The highest BCUT2D eigenvalue weighted by atomic mass is 16.6. The Morgan fingerprint density at radius 1 is 0.426 bits per heavy atom. The first-order valence-corrected chi connectivity index (χ1v) is 18.5. The van der Waals surface area contributed by atoms with Crippen LogP contribution in [0.3, 0.4) is 0 Å². The van der Waals surface area contributed by atoms with Crippen molar-refractivity contribution < 1.29 is 134 Å². The first kappa shape index (κ1) is 45.9. The molecule has 27 nitrogen and oxygen atoms in total. The smallest absolute Gasteiger partial charge is 0.349 e. The van der Waals surface area contributed by atoms with Gasteiger partial charge in [-0.1, -0.05) is 0 Å². The number of carbonyl (C=O) groups excluding carboxylic acids is 5. The van der Waals surface area contributed by atoms with Crippen LogP contribution in [0.5, 0.6) is 86.2 Å². The number of carboxylic acids is 1. The Bertz CT molecular complexity index is 3060. The third-order valence-electron chi connectivity index (χ3n) is 10.3. The number of phenols is 15. The molecule has 2 aliphatic heterocycles. The van der Waals surface area contributed by atoms with Crippen molar-refractivity contribution in [3.63, 3.8) is 0 Å². The van der Waals surface area contributed by atoms with Gasteiger partial charge in [0.2, 0.25) is 29.1 Å². The number of ether oxygens (including phenoxy) is 5. The third-order valence-corrected chi connectivity index (χ3v) is 10.3. The van der Waals surface area contributed by atoms with Crippen molar-refractivity contribution in [2.24, 2.45) is 0 Å². The van der Waals surface area contributed by atoms with E-state index in [1.807, 2.05) is 0 Å². The normalized spacial score (nSPS) is 18.1. The van der Waals surface area contributed by atoms with Gasteiger partial charge in [-0.05, 0) is 36.4 Å². The van der Waals surface area contributed by atoms with E-state index < -0.39 is 203 Å². The van der Waals surface area contributed by atoms with Gasteiger partial charge >= 0.3 is 35.8 Å². The molecule has 0 aromatic heterocycles. The molecule has 5 aromatic carbocycles. The van der Waals surface area contributed by atoms with E-state index in [9.17, 15) is 110 Å². The molecule has 4 atom stereocenters. The Morgan fingerprint density at radius 3 is 1.12 bits per heavy atom. The van der Waals surface area contributed by atoms with Crippen molar-refractivity contribution in [3.05, 3.63) is 64.2 Å². The molecule has 27 heteroatoms. The highest BCUT2D eigenvalue weighted by Crippen LogP contribution is 2.55. The molecular formula is C41H28O27. The lowest BCUT2D eigenvalue weighted by molar-refractivity contribution is -0.167. The lowest BCUT2D eigenvalue weighted by Gasteiger charge is -2.35. The first-order valence-electron chi connectivity index (χ1n) is 18.5. The fourth-order valence-corrected chi connectivity index (χ4v) is 7.06. The predicted octanol–water partition coefficient (Wildman–Crippen LogP) is 1.38. The van der Waals surface area contributed by atoms with Gasteiger partial charge in [-0.15, -0.1) is 0 Å². The third kappa shape index (κ3) is 7.41. The largest absolute Gasteiger partial charge is 0.504 e. The van der Waals surface area contributed by atoms with E-state index in [1.165, 1.54) is 0 Å². The zero-order valence-corrected chi connectivity index (χ0v) is 33.1. The van der Waals surface area contributed by atoms with Crippen LogP contribution < -0.4 is 0 Å². The average Bonchev–Trinajstić information content (AvgIpc) is 3.29. The summed E-state index contributed by atoms with van der Waals surface area (Å²) in [5.74, 6) is -33.0. The lowest BCUT2D eigenvalue weighted by atomic mass is 9.91. The van der Waals surface area contributed by atoms with Crippen molar-refractivity contribution in [1.29, 1.82) is 0 Å². The second-order valence-corrected chi connectivity index (χ2v) is 14.4. The van der Waals surface area contributed by atoms with Crippen molar-refractivity contribution >= 4 is 35.8 Å². The summed E-state index contributed by atoms with van der Waals surface area (Å²) in [5, 5.41) is 169. The Hall–Kier alpha value is -10.1. The topological polar surface area (TPSA) is 472 Å². The van der Waals surface area contributed by atoms with E-state index in [0.29, 0.717) is 24.3 Å². The number of carbonyl (C=O) groups is 6. The van der Waals surface area contributed by atoms with Gasteiger partial charge in [-0.25, -0.2) is 28.8 Å². The van der Waals surface area contributed by atoms with Gasteiger partial charge in [0, 0.05) is 22.3 Å². The molecule has 0 saturated heterocycles. The zero-order valence-electron chi connectivity index (χ0n) is 33.1. The van der Waals surface area contributed by atoms with E-state index in [0.717, 1.165) is 0 Å². The molecule has 68 heavy (non-hydrogen) atoms. The van der Waals surface area contributed by atoms with Crippen molar-refractivity contribution in [1.82, 2.24) is 0 Å². The molecule has 0 aliphatic carbocycles. The Kier molecular flexibility index (Phi) is 11.1. The number of fused-ring (bicyclic) bond motifs is 6. The summed E-state index contributed by atoms with van der Waals surface area (Å²) in [7, 11) is 0. The summed E-state index contributed by atoms with van der Waals surface area (Å²) in [4.78, 5) is 83.9. The maximum atomic E-state index is 14.5. The summed E-state index contributed by atoms with van der Waals surface area (Å²) < 4.78 is 26.8. The van der Waals surface area contributed by atoms with Gasteiger partial charge in [0.25, 0.3) is 0 Å². The Labute approximate surface area is 373 Å². The molecule has 16 N–H and O–H groups in total. The molecule has 0 spiro atoms. The van der Waals surface area contributed by atoms with Gasteiger partial charge in [0.05, 0.1) is 27.8 Å². The van der Waals surface area contributed by atoms with Gasteiger partial charge in [0.1, 0.15) is 6.61 Å². The van der Waals surface area contributed by atoms with Crippen LogP contribution in [0.2, 0.25) is 0 Å². The number of hydrogen-bond donors (Lipinski definition) is 16. The molecule has 0 fully saturated rings. The molecule has 0 bridgehead atoms. The van der Waals surface area contributed by atoms with E-state index in [4.69, 9.17) is 23.7 Å². The highest BCUT2D eigenvalue weighted by molar-refractivity contribution is 6.10. The molecule has 0 amide bonds. The van der Waals surface area contributed by atoms with Crippen LogP contribution >= 0.6 is 0 Å². The van der Waals surface area contributed by atoms with Gasteiger partial charge < -0.3 is 105 Å². The second-order valence-electron chi connectivity index (χ2n) is 14.4. The van der Waals surface area contributed by atoms with E-state index in [-0.39, 0.29) is 12.1 Å². The molecule has 354 valence electrons. The molecule has 2 heterocycles. The predicted molar refractivity (Wildman–Crippen MR) is 210 cm³/mol. The summed E-state index contributed by atoms with van der Waals surface area (Å²) in [6.07, 6.45) is -11.9. The summed E-state index contributed by atoms with van der Waals surface area (Å²) >= 11 is 0. The number of hydrogen-bond acceptors (Lipinski definition) is 26. The molecule has 0 saturated carbocycles. The van der Waals surface area contributed by atoms with Crippen LogP contribution in [0.25, 0.3) is 22.3 Å². The minimum absolute atomic E-state index is 0.275. The van der Waals surface area contributed by atoms with E-state index in [1.54, 1.807) is 0 Å². The number of aliphatic carboxylic acids is 1. The van der Waals surface area contributed by atoms with Gasteiger partial charge in [-0.2, -0.15) is 0 Å². The highest BCUT2D eigenvalue weighted by Gasteiger charge is 2.51. The first-order chi connectivity index (χ1) is 31.8. The second kappa shape index (κ2) is 16.5. The summed E-state index contributed by atoms with van der Waals surface area (Å²) in [6, 6.07) is 2.17. The fraction of sp³-hybridized carbons (Fsp3) is 0.122. The van der Waals surface area contributed by atoms with E-state index >= 15 is 0 Å². The standard InChI is InChI=1S/C41H28O27/c42-13-1-8(2-14(43)24(13)48)37(59)65-19-7-64-38(60)9-3-15(44)25(49)29(53)20(9)21-10(4-16(45)26(50)30(21)54)39(61)66-33(19)34-35(36(57)58)68-41(63)12-6-18(47)28(52)32(56)23(12)22-11(40(62)67-34)5-17(46)27(51)31(22)55/h1-6,19,33-35,42-56H,7H2,(H,57,58)/t19-,33-,34+,35-/m1/s1. The molecule has 2 aliphatic rings. The monoisotopic (exact) mass is 952 g/mol. The Balaban J connectivity index is 1.53. The maximum Gasteiger partial charge on any atom is 0.349 e. The number of carboxylic acid groups (broad SMARTS) is 1. The SMILES string of the molecule is O=C(O[C@@H]1COC(=O)c2cc(O)c(O)c(O)c2-c2c(cc(O)c(O)c2O)C(=O)O[C@H]1[C@@H]1OC(=O)c2cc(O)c(O)c(O)c2-c2c(cc(O)c(O)c2O)C(=O)O[C@H]1C(=O)O)c1cc(O)c(O)c(O)c1. The average molecular weight is 953 g/mol. The molecule has 0 radical (unpaired) electrons. The minimum Gasteiger partial charge on any atom is -0.504 e. The van der Waals surface area contributed by atoms with Crippen molar-refractivity contribution in [2.45, 2.75) is 24.4 Å². The summed E-state index contributed by atoms with van der Waals surface area (Å²) in [5.41, 5.74) is -10.6. The van der Waals surface area contributed by atoms with Crippen LogP contribution in [0.15, 0.2) is 36.4 Å². The van der Waals surface area contributed by atoms with E-state index in [2.05, 4.69) is 0 Å². The van der Waals surface area contributed by atoms with Crippen LogP contribution in [0.4, 0.5) is 0 Å². The van der Waals surface area contributed by atoms with Gasteiger partial charge in [0.15, 0.2) is 81.6 Å². The zero-order chi connectivity index (χ0) is 50.1. The molecular weight excluding hydrogens is 924 g/mol. The molecule has 0 unspecified atom stereocenters. The minimum atomic E-state index is -3.14. The summed E-state index contributed by atoms with van der Waals surface area (Å²) in [6.45, 7) is -1.59. The lowest BCUT2D eigenvalue weighted by Crippen LogP contribution is -2.55. The quantitative estimate of drug-likeness (QED) is 0.0687. The number of benzene rings is 5. The molecule has 7 rings (SSSR count). The number of cyclic esters (lactones) is 4. The Morgan fingerprint density at radius 2 is 0.750 bits per heavy atom. The van der Waals surface area contributed by atoms with Gasteiger partial charge in [-0.3, -0.25) is 0 Å². The van der Waals surface area contributed by atoms with Crippen molar-refractivity contribution in [3.8, 4) is 108 Å². The fourth-order valence-electron chi connectivity index (χ4n) is 7.06. The number of esters is 5. The van der Waals surface area contributed by atoms with Crippen molar-refractivity contribution in [2.75, 3.05) is 6.61 Å². The number of phenolic OH excluding ortho intramolecular Hbond substituents is 15. The van der Waals surface area contributed by atoms with Crippen LogP contribution in [-0.4, -0.2) is 149 Å². The van der Waals surface area contributed by atoms with Crippen LogP contribution in [0.1, 0.15) is 51.8 Å².